The van der Waals surface area contributed by atoms with Gasteiger partial charge in [-0.3, -0.25) is 0 Å². The van der Waals surface area contributed by atoms with Gasteiger partial charge >= 0.3 is 6.03 Å². The van der Waals surface area contributed by atoms with E-state index >= 15 is 0 Å². The quantitative estimate of drug-likeness (QED) is 0.887. The van der Waals surface area contributed by atoms with Crippen molar-refractivity contribution < 1.29 is 4.79 Å². The molecule has 0 unspecified atom stereocenters. The minimum absolute atomic E-state index is 0.0608. The topological polar surface area (TPSA) is 71.8 Å². The number of amides is 2. The predicted molar refractivity (Wildman–Crippen MR) is 93.3 cm³/mol. The number of rotatable bonds is 5. The van der Waals surface area contributed by atoms with E-state index in [9.17, 15) is 4.79 Å². The van der Waals surface area contributed by atoms with Gasteiger partial charge in [0.25, 0.3) is 0 Å². The van der Waals surface area contributed by atoms with Crippen LogP contribution in [0.15, 0.2) is 24.4 Å². The number of aryl methyl sites for hydroxylation is 1. The molecule has 128 valence electrons. The van der Waals surface area contributed by atoms with Crippen LogP contribution in [0.3, 0.4) is 0 Å². The molecule has 24 heavy (non-hydrogen) atoms. The van der Waals surface area contributed by atoms with Crippen molar-refractivity contribution in [3.05, 3.63) is 41.3 Å². The van der Waals surface area contributed by atoms with Crippen molar-refractivity contribution >= 4 is 6.03 Å². The Morgan fingerprint density at radius 1 is 1.29 bits per heavy atom. The highest BCUT2D eigenvalue weighted by Crippen LogP contribution is 2.18. The second kappa shape index (κ2) is 7.47. The first-order chi connectivity index (χ1) is 11.6. The molecular weight excluding hydrogens is 302 g/mol. The number of nitrogens with one attached hydrogen (secondary N) is 2. The summed E-state index contributed by atoms with van der Waals surface area (Å²) in [6.07, 6.45) is 7.17. The Bertz CT molecular complexity index is 689. The molecule has 2 amide bonds. The Morgan fingerprint density at radius 3 is 2.79 bits per heavy atom. The van der Waals surface area contributed by atoms with Crippen molar-refractivity contribution in [2.75, 3.05) is 6.54 Å². The van der Waals surface area contributed by atoms with Crippen LogP contribution in [0.5, 0.6) is 0 Å². The molecule has 1 aliphatic rings. The third-order valence-corrected chi connectivity index (χ3v) is 4.66. The molecule has 0 spiro atoms. The van der Waals surface area contributed by atoms with Gasteiger partial charge in [0.1, 0.15) is 0 Å². The zero-order valence-electron chi connectivity index (χ0n) is 14.4. The van der Waals surface area contributed by atoms with Crippen LogP contribution in [0.4, 0.5) is 4.79 Å². The summed E-state index contributed by atoms with van der Waals surface area (Å²) in [7, 11) is 0. The monoisotopic (exact) mass is 327 g/mol. The average Bonchev–Trinajstić information content (AvgIpc) is 3.18. The van der Waals surface area contributed by atoms with E-state index in [2.05, 4.69) is 20.7 Å². The highest BCUT2D eigenvalue weighted by atomic mass is 16.2. The maximum Gasteiger partial charge on any atom is 0.315 e. The van der Waals surface area contributed by atoms with E-state index in [0.29, 0.717) is 12.6 Å². The van der Waals surface area contributed by atoms with E-state index in [1.54, 1.807) is 6.20 Å². The fourth-order valence-corrected chi connectivity index (χ4v) is 3.35. The Balaban J connectivity index is 1.57. The maximum absolute atomic E-state index is 11.9. The Kier molecular flexibility index (Phi) is 5.13. The SMILES string of the molecule is Cc1nn(-c2ccccn2)c(C)c1CCNC(=O)NC1CCCC1. The van der Waals surface area contributed by atoms with E-state index in [4.69, 9.17) is 0 Å². The molecular formula is C18H25N5O. The molecule has 2 heterocycles. The molecule has 3 rings (SSSR count). The third-order valence-electron chi connectivity index (χ3n) is 4.66. The van der Waals surface area contributed by atoms with Crippen molar-refractivity contribution in [3.63, 3.8) is 0 Å². The summed E-state index contributed by atoms with van der Waals surface area (Å²) in [6.45, 7) is 4.65. The first-order valence-corrected chi connectivity index (χ1v) is 8.66. The Labute approximate surface area is 142 Å². The van der Waals surface area contributed by atoms with Crippen LogP contribution in [0.1, 0.15) is 42.6 Å². The van der Waals surface area contributed by atoms with Gasteiger partial charge in [-0.2, -0.15) is 5.10 Å². The molecule has 0 radical (unpaired) electrons. The fourth-order valence-electron chi connectivity index (χ4n) is 3.35. The molecule has 2 aromatic heterocycles. The molecule has 0 aliphatic heterocycles. The minimum Gasteiger partial charge on any atom is -0.338 e. The van der Waals surface area contributed by atoms with Gasteiger partial charge in [0.2, 0.25) is 0 Å². The molecule has 1 fully saturated rings. The van der Waals surface area contributed by atoms with Gasteiger partial charge in [-0.05, 0) is 50.8 Å². The average molecular weight is 327 g/mol. The summed E-state index contributed by atoms with van der Waals surface area (Å²) in [5.41, 5.74) is 3.22. The summed E-state index contributed by atoms with van der Waals surface area (Å²) in [4.78, 5) is 16.3. The highest BCUT2D eigenvalue weighted by molar-refractivity contribution is 5.74. The van der Waals surface area contributed by atoms with E-state index < -0.39 is 0 Å². The highest BCUT2D eigenvalue weighted by Gasteiger charge is 2.17. The van der Waals surface area contributed by atoms with E-state index in [1.165, 1.54) is 18.4 Å². The van der Waals surface area contributed by atoms with Crippen LogP contribution >= 0.6 is 0 Å². The lowest BCUT2D eigenvalue weighted by atomic mass is 10.1. The van der Waals surface area contributed by atoms with Crippen molar-refractivity contribution in [3.8, 4) is 5.82 Å². The molecule has 0 atom stereocenters. The van der Waals surface area contributed by atoms with Crippen LogP contribution < -0.4 is 10.6 Å². The van der Waals surface area contributed by atoms with Gasteiger partial charge in [0.05, 0.1) is 5.69 Å². The Hall–Kier alpha value is -2.37. The maximum atomic E-state index is 11.9. The number of hydrogen-bond donors (Lipinski definition) is 2. The molecule has 0 bridgehead atoms. The Morgan fingerprint density at radius 2 is 2.08 bits per heavy atom. The first-order valence-electron chi connectivity index (χ1n) is 8.66. The van der Waals surface area contributed by atoms with Gasteiger partial charge in [0, 0.05) is 24.5 Å². The zero-order chi connectivity index (χ0) is 16.9. The fraction of sp³-hybridized carbons (Fsp3) is 0.500. The largest absolute Gasteiger partial charge is 0.338 e. The standard InChI is InChI=1S/C18H25N5O/c1-13-16(10-12-20-18(24)21-15-7-3-4-8-15)14(2)23(22-13)17-9-5-6-11-19-17/h5-6,9,11,15H,3-4,7-8,10,12H2,1-2H3,(H2,20,21,24). The van der Waals surface area contributed by atoms with E-state index in [-0.39, 0.29) is 6.03 Å². The predicted octanol–water partition coefficient (Wildman–Crippen LogP) is 2.67. The molecule has 0 aromatic carbocycles. The van der Waals surface area contributed by atoms with Crippen LogP contribution in [-0.4, -0.2) is 33.4 Å². The molecule has 0 saturated heterocycles. The van der Waals surface area contributed by atoms with Gasteiger partial charge in [-0.15, -0.1) is 0 Å². The summed E-state index contributed by atoms with van der Waals surface area (Å²) < 4.78 is 1.86. The van der Waals surface area contributed by atoms with Crippen molar-refractivity contribution in [1.82, 2.24) is 25.4 Å². The van der Waals surface area contributed by atoms with Gasteiger partial charge in [-0.1, -0.05) is 18.9 Å². The summed E-state index contributed by atoms with van der Waals surface area (Å²) >= 11 is 0. The number of nitrogens with zero attached hydrogens (tertiary/aromatic N) is 3. The van der Waals surface area contributed by atoms with Crippen LogP contribution in [0.25, 0.3) is 5.82 Å². The molecule has 1 saturated carbocycles. The van der Waals surface area contributed by atoms with Crippen LogP contribution in [0, 0.1) is 13.8 Å². The minimum atomic E-state index is -0.0608. The van der Waals surface area contributed by atoms with E-state index in [1.807, 2.05) is 36.7 Å². The summed E-state index contributed by atoms with van der Waals surface area (Å²) in [5.74, 6) is 0.816. The van der Waals surface area contributed by atoms with Crippen LogP contribution in [0.2, 0.25) is 0 Å². The normalized spacial score (nSPS) is 14.8. The molecule has 6 heteroatoms. The van der Waals surface area contributed by atoms with Crippen LogP contribution in [-0.2, 0) is 6.42 Å². The molecule has 2 aromatic rings. The lowest BCUT2D eigenvalue weighted by Gasteiger charge is -2.13. The number of hydrogen-bond acceptors (Lipinski definition) is 3. The smallest absolute Gasteiger partial charge is 0.315 e. The number of aromatic nitrogens is 3. The third kappa shape index (κ3) is 3.75. The lowest BCUT2D eigenvalue weighted by molar-refractivity contribution is 0.237. The molecule has 6 nitrogen and oxygen atoms in total. The number of carbonyl (C=O) groups is 1. The molecule has 2 N–H and O–H groups in total. The van der Waals surface area contributed by atoms with Gasteiger partial charge in [-0.25, -0.2) is 14.5 Å². The second-order valence-electron chi connectivity index (χ2n) is 6.38. The lowest BCUT2D eigenvalue weighted by Crippen LogP contribution is -2.41. The van der Waals surface area contributed by atoms with Gasteiger partial charge in [0.15, 0.2) is 5.82 Å². The first kappa shape index (κ1) is 16.5. The number of pyridine rings is 1. The van der Waals surface area contributed by atoms with Crippen molar-refractivity contribution in [1.29, 1.82) is 0 Å². The zero-order valence-corrected chi connectivity index (χ0v) is 14.4. The van der Waals surface area contributed by atoms with Crippen molar-refractivity contribution in [2.24, 2.45) is 0 Å². The number of urea groups is 1. The van der Waals surface area contributed by atoms with Gasteiger partial charge < -0.3 is 10.6 Å². The molecule has 1 aliphatic carbocycles. The second-order valence-corrected chi connectivity index (χ2v) is 6.38. The van der Waals surface area contributed by atoms with Crippen molar-refractivity contribution in [2.45, 2.75) is 52.0 Å². The number of carbonyl (C=O) groups excluding carboxylic acids is 1. The summed E-state index contributed by atoms with van der Waals surface area (Å²) in [5, 5.41) is 10.6. The van der Waals surface area contributed by atoms with E-state index in [0.717, 1.165) is 36.5 Å². The summed E-state index contributed by atoms with van der Waals surface area (Å²) in [6, 6.07) is 6.07.